The van der Waals surface area contributed by atoms with Gasteiger partial charge in [0.1, 0.15) is 17.5 Å². The molecule has 1 N–H and O–H groups in total. The zero-order valence-corrected chi connectivity index (χ0v) is 15.9. The smallest absolute Gasteiger partial charge is 0.273 e. The standard InChI is InChI=1S/C21H18FN5O2/c1-13-3-8-17(9-14(13)2)27-20-18(11-24-27)21(29)26(12-23-20)25-19(28)10-15-4-6-16(22)7-5-15/h3-9,11-12H,10H2,1-2H3,(H,25,28). The number of aromatic nitrogens is 4. The van der Waals surface area contributed by atoms with Gasteiger partial charge in [-0.25, -0.2) is 18.7 Å². The van der Waals surface area contributed by atoms with Gasteiger partial charge in [-0.15, -0.1) is 0 Å². The van der Waals surface area contributed by atoms with E-state index in [2.05, 4.69) is 15.5 Å². The molecule has 0 aliphatic heterocycles. The fourth-order valence-corrected chi connectivity index (χ4v) is 3.00. The highest BCUT2D eigenvalue weighted by Crippen LogP contribution is 2.17. The van der Waals surface area contributed by atoms with Crippen LogP contribution >= 0.6 is 0 Å². The maximum atomic E-state index is 13.0. The molecule has 0 fully saturated rings. The molecule has 0 spiro atoms. The largest absolute Gasteiger partial charge is 0.283 e. The number of halogens is 1. The van der Waals surface area contributed by atoms with E-state index < -0.39 is 11.5 Å². The van der Waals surface area contributed by atoms with E-state index in [0.29, 0.717) is 11.2 Å². The lowest BCUT2D eigenvalue weighted by molar-refractivity contribution is -0.116. The first-order valence-corrected chi connectivity index (χ1v) is 9.00. The Hall–Kier alpha value is -3.81. The number of rotatable bonds is 4. The fraction of sp³-hybridized carbons (Fsp3) is 0.143. The van der Waals surface area contributed by atoms with Crippen LogP contribution in [-0.4, -0.2) is 25.3 Å². The zero-order valence-electron chi connectivity index (χ0n) is 15.9. The van der Waals surface area contributed by atoms with Crippen molar-refractivity contribution in [1.29, 1.82) is 0 Å². The molecule has 4 rings (SSSR count). The third kappa shape index (κ3) is 3.64. The van der Waals surface area contributed by atoms with Crippen molar-refractivity contribution < 1.29 is 9.18 Å². The highest BCUT2D eigenvalue weighted by Gasteiger charge is 2.13. The van der Waals surface area contributed by atoms with Crippen molar-refractivity contribution >= 4 is 16.9 Å². The maximum absolute atomic E-state index is 13.0. The number of carbonyl (C=O) groups is 1. The van der Waals surface area contributed by atoms with Crippen molar-refractivity contribution in [2.24, 2.45) is 0 Å². The van der Waals surface area contributed by atoms with Crippen molar-refractivity contribution in [3.63, 3.8) is 0 Å². The summed E-state index contributed by atoms with van der Waals surface area (Å²) in [4.78, 5) is 29.3. The Morgan fingerprint density at radius 1 is 1.10 bits per heavy atom. The zero-order chi connectivity index (χ0) is 20.5. The summed E-state index contributed by atoms with van der Waals surface area (Å²) in [5, 5.41) is 4.57. The first kappa shape index (κ1) is 18.5. The van der Waals surface area contributed by atoms with E-state index in [-0.39, 0.29) is 17.6 Å². The van der Waals surface area contributed by atoms with Gasteiger partial charge in [0, 0.05) is 0 Å². The molecular formula is C21H18FN5O2. The second-order valence-corrected chi connectivity index (χ2v) is 6.82. The lowest BCUT2D eigenvalue weighted by Gasteiger charge is -2.09. The quantitative estimate of drug-likeness (QED) is 0.580. The second-order valence-electron chi connectivity index (χ2n) is 6.82. The first-order chi connectivity index (χ1) is 13.9. The molecule has 7 nitrogen and oxygen atoms in total. The van der Waals surface area contributed by atoms with Gasteiger partial charge in [-0.3, -0.25) is 15.0 Å². The number of carbonyl (C=O) groups excluding carboxylic acids is 1. The Morgan fingerprint density at radius 2 is 1.86 bits per heavy atom. The molecule has 29 heavy (non-hydrogen) atoms. The Balaban J connectivity index is 1.61. The summed E-state index contributed by atoms with van der Waals surface area (Å²) in [6.07, 6.45) is 2.70. The number of fused-ring (bicyclic) bond motifs is 1. The van der Waals surface area contributed by atoms with Crippen LogP contribution < -0.4 is 11.0 Å². The summed E-state index contributed by atoms with van der Waals surface area (Å²) in [6.45, 7) is 4.02. The summed E-state index contributed by atoms with van der Waals surface area (Å²) < 4.78 is 15.6. The molecule has 8 heteroatoms. The second kappa shape index (κ2) is 7.31. The van der Waals surface area contributed by atoms with E-state index in [9.17, 15) is 14.0 Å². The van der Waals surface area contributed by atoms with Gasteiger partial charge in [-0.2, -0.15) is 5.10 Å². The Labute approximate surface area is 165 Å². The molecule has 0 aliphatic rings. The highest BCUT2D eigenvalue weighted by molar-refractivity contribution is 5.86. The topological polar surface area (TPSA) is 81.8 Å². The SMILES string of the molecule is Cc1ccc(-n2ncc3c(=O)n(NC(=O)Cc4ccc(F)cc4)cnc32)cc1C. The van der Waals surface area contributed by atoms with Crippen molar-refractivity contribution in [2.45, 2.75) is 20.3 Å². The predicted molar refractivity (Wildman–Crippen MR) is 107 cm³/mol. The van der Waals surface area contributed by atoms with Crippen LogP contribution in [0.3, 0.4) is 0 Å². The minimum absolute atomic E-state index is 0.00661. The molecule has 2 heterocycles. The van der Waals surface area contributed by atoms with Crippen molar-refractivity contribution in [3.05, 3.63) is 87.9 Å². The molecule has 0 bridgehead atoms. The van der Waals surface area contributed by atoms with Crippen LogP contribution in [0.4, 0.5) is 4.39 Å². The summed E-state index contributed by atoms with van der Waals surface area (Å²) in [7, 11) is 0. The van der Waals surface area contributed by atoms with Gasteiger partial charge >= 0.3 is 0 Å². The van der Waals surface area contributed by atoms with Gasteiger partial charge in [-0.1, -0.05) is 18.2 Å². The fourth-order valence-electron chi connectivity index (χ4n) is 3.00. The number of amides is 1. The lowest BCUT2D eigenvalue weighted by Crippen LogP contribution is -2.34. The van der Waals surface area contributed by atoms with Crippen LogP contribution in [0.5, 0.6) is 0 Å². The number of hydrogen-bond acceptors (Lipinski definition) is 4. The molecule has 0 saturated heterocycles. The van der Waals surface area contributed by atoms with Gasteiger partial charge in [0.15, 0.2) is 5.65 Å². The van der Waals surface area contributed by atoms with E-state index >= 15 is 0 Å². The maximum Gasteiger partial charge on any atom is 0.283 e. The third-order valence-electron chi connectivity index (χ3n) is 4.75. The summed E-state index contributed by atoms with van der Waals surface area (Å²) in [5.41, 5.74) is 6.17. The van der Waals surface area contributed by atoms with Gasteiger partial charge in [0.05, 0.1) is 18.3 Å². The van der Waals surface area contributed by atoms with E-state index in [1.807, 2.05) is 32.0 Å². The molecule has 0 aliphatic carbocycles. The highest BCUT2D eigenvalue weighted by atomic mass is 19.1. The molecule has 0 unspecified atom stereocenters. The van der Waals surface area contributed by atoms with Crippen LogP contribution in [0.15, 0.2) is 59.8 Å². The molecule has 0 atom stereocenters. The molecule has 0 radical (unpaired) electrons. The first-order valence-electron chi connectivity index (χ1n) is 9.00. The molecule has 1 amide bonds. The van der Waals surface area contributed by atoms with Crippen LogP contribution in [0.2, 0.25) is 0 Å². The molecule has 2 aromatic heterocycles. The normalized spacial score (nSPS) is 11.0. The number of nitrogens with one attached hydrogen (secondary N) is 1. The molecule has 2 aromatic carbocycles. The van der Waals surface area contributed by atoms with E-state index in [1.54, 1.807) is 4.68 Å². The van der Waals surface area contributed by atoms with E-state index in [4.69, 9.17) is 0 Å². The lowest BCUT2D eigenvalue weighted by atomic mass is 10.1. The minimum Gasteiger partial charge on any atom is -0.273 e. The Bertz CT molecular complexity index is 1270. The third-order valence-corrected chi connectivity index (χ3v) is 4.75. The molecule has 146 valence electrons. The number of hydrogen-bond donors (Lipinski definition) is 1. The summed E-state index contributed by atoms with van der Waals surface area (Å²) in [5.74, 6) is -0.790. The summed E-state index contributed by atoms with van der Waals surface area (Å²) in [6, 6.07) is 11.5. The van der Waals surface area contributed by atoms with Gasteiger partial charge in [0.25, 0.3) is 5.56 Å². The van der Waals surface area contributed by atoms with Crippen molar-refractivity contribution in [3.8, 4) is 5.69 Å². The number of nitrogens with zero attached hydrogens (tertiary/aromatic N) is 4. The van der Waals surface area contributed by atoms with Crippen molar-refractivity contribution in [2.75, 3.05) is 5.43 Å². The van der Waals surface area contributed by atoms with Crippen LogP contribution in [0.1, 0.15) is 16.7 Å². The van der Waals surface area contributed by atoms with E-state index in [1.165, 1.54) is 36.8 Å². The monoisotopic (exact) mass is 391 g/mol. The number of aryl methyl sites for hydroxylation is 2. The van der Waals surface area contributed by atoms with Crippen LogP contribution in [-0.2, 0) is 11.2 Å². The Morgan fingerprint density at radius 3 is 2.59 bits per heavy atom. The summed E-state index contributed by atoms with van der Waals surface area (Å²) >= 11 is 0. The van der Waals surface area contributed by atoms with Gasteiger partial charge in [-0.05, 0) is 54.8 Å². The van der Waals surface area contributed by atoms with Gasteiger partial charge in [0.2, 0.25) is 5.91 Å². The van der Waals surface area contributed by atoms with Crippen LogP contribution in [0.25, 0.3) is 16.7 Å². The average molecular weight is 391 g/mol. The molecule has 4 aromatic rings. The van der Waals surface area contributed by atoms with Crippen molar-refractivity contribution in [1.82, 2.24) is 19.4 Å². The molecular weight excluding hydrogens is 373 g/mol. The predicted octanol–water partition coefficient (Wildman–Crippen LogP) is 2.65. The van der Waals surface area contributed by atoms with Gasteiger partial charge < -0.3 is 0 Å². The molecule has 0 saturated carbocycles. The Kier molecular flexibility index (Phi) is 4.67. The van der Waals surface area contributed by atoms with Crippen LogP contribution in [0, 0.1) is 19.7 Å². The van der Waals surface area contributed by atoms with E-state index in [0.717, 1.165) is 21.5 Å². The minimum atomic E-state index is -0.433. The number of benzene rings is 2. The average Bonchev–Trinajstić information content (AvgIpc) is 3.13.